The standard InChI is InChI=1S/C25H21N5OSi/c1-32(2,3)17-12-13-18-19-10-7-11-20(23(19)31-22(18)14-17)25-27-24-21(15-26-29-28-24)30(25)16-8-5-4-6-9-16/h4-15H,1-3H3. The third-order valence-corrected chi connectivity index (χ3v) is 7.93. The minimum absolute atomic E-state index is 0.549. The Morgan fingerprint density at radius 2 is 1.72 bits per heavy atom. The van der Waals surface area contributed by atoms with Crippen molar-refractivity contribution in [3.63, 3.8) is 0 Å². The zero-order valence-electron chi connectivity index (χ0n) is 18.1. The molecule has 3 aromatic heterocycles. The lowest BCUT2D eigenvalue weighted by atomic mass is 10.1. The molecule has 0 unspecified atom stereocenters. The van der Waals surface area contributed by atoms with E-state index in [1.54, 1.807) is 6.20 Å². The molecule has 3 heterocycles. The Morgan fingerprint density at radius 1 is 0.875 bits per heavy atom. The molecule has 0 radical (unpaired) electrons. The van der Waals surface area contributed by atoms with Crippen molar-refractivity contribution in [1.29, 1.82) is 0 Å². The normalized spacial score (nSPS) is 12.2. The lowest BCUT2D eigenvalue weighted by molar-refractivity contribution is 0.669. The van der Waals surface area contributed by atoms with Crippen LogP contribution >= 0.6 is 0 Å². The summed E-state index contributed by atoms with van der Waals surface area (Å²) < 4.78 is 8.54. The number of aromatic nitrogens is 5. The van der Waals surface area contributed by atoms with Gasteiger partial charge in [0, 0.05) is 16.5 Å². The van der Waals surface area contributed by atoms with E-state index in [1.807, 2.05) is 36.4 Å². The van der Waals surface area contributed by atoms with Gasteiger partial charge < -0.3 is 4.42 Å². The Labute approximate surface area is 185 Å². The molecule has 0 N–H and O–H groups in total. The zero-order chi connectivity index (χ0) is 21.9. The van der Waals surface area contributed by atoms with E-state index in [-0.39, 0.29) is 0 Å². The minimum Gasteiger partial charge on any atom is -0.455 e. The number of hydrogen-bond donors (Lipinski definition) is 0. The van der Waals surface area contributed by atoms with E-state index in [2.05, 4.69) is 70.0 Å². The molecule has 0 saturated heterocycles. The van der Waals surface area contributed by atoms with Gasteiger partial charge in [-0.25, -0.2) is 4.98 Å². The molecule has 0 spiro atoms. The lowest BCUT2D eigenvalue weighted by Crippen LogP contribution is -2.37. The van der Waals surface area contributed by atoms with E-state index in [1.165, 1.54) is 5.19 Å². The summed E-state index contributed by atoms with van der Waals surface area (Å²) in [6, 6.07) is 23.0. The number of fused-ring (bicyclic) bond motifs is 4. The summed E-state index contributed by atoms with van der Waals surface area (Å²) in [5, 5.41) is 15.5. The molecule has 156 valence electrons. The highest BCUT2D eigenvalue weighted by atomic mass is 28.3. The zero-order valence-corrected chi connectivity index (χ0v) is 19.1. The molecular formula is C25H21N5OSi. The molecule has 0 aliphatic heterocycles. The number of imidazole rings is 1. The largest absolute Gasteiger partial charge is 0.455 e. The van der Waals surface area contributed by atoms with Gasteiger partial charge in [-0.15, -0.1) is 10.2 Å². The first-order valence-corrected chi connectivity index (χ1v) is 14.1. The molecule has 6 aromatic rings. The van der Waals surface area contributed by atoms with Gasteiger partial charge in [-0.05, 0) is 29.5 Å². The van der Waals surface area contributed by atoms with Gasteiger partial charge in [0.2, 0.25) is 5.65 Å². The maximum Gasteiger partial charge on any atom is 0.204 e. The first-order chi connectivity index (χ1) is 15.5. The molecule has 0 amide bonds. The van der Waals surface area contributed by atoms with Gasteiger partial charge in [-0.2, -0.15) is 0 Å². The van der Waals surface area contributed by atoms with Gasteiger partial charge in [0.15, 0.2) is 5.82 Å². The summed E-state index contributed by atoms with van der Waals surface area (Å²) in [6.07, 6.45) is 1.70. The van der Waals surface area contributed by atoms with Gasteiger partial charge in [-0.3, -0.25) is 4.57 Å². The second-order valence-corrected chi connectivity index (χ2v) is 14.1. The predicted octanol–water partition coefficient (Wildman–Crippen LogP) is 5.32. The van der Waals surface area contributed by atoms with Crippen LogP contribution in [-0.4, -0.2) is 33.0 Å². The molecule has 6 rings (SSSR count). The van der Waals surface area contributed by atoms with Crippen molar-refractivity contribution in [1.82, 2.24) is 25.0 Å². The Bertz CT molecular complexity index is 1610. The minimum atomic E-state index is -1.45. The van der Waals surface area contributed by atoms with Gasteiger partial charge in [0.25, 0.3) is 0 Å². The number of hydrogen-bond acceptors (Lipinski definition) is 5. The smallest absolute Gasteiger partial charge is 0.204 e. The summed E-state index contributed by atoms with van der Waals surface area (Å²) in [5.41, 5.74) is 4.98. The van der Waals surface area contributed by atoms with Crippen LogP contribution in [-0.2, 0) is 0 Å². The van der Waals surface area contributed by atoms with E-state index in [0.717, 1.165) is 44.5 Å². The van der Waals surface area contributed by atoms with Crippen molar-refractivity contribution < 1.29 is 4.42 Å². The van der Waals surface area contributed by atoms with E-state index in [9.17, 15) is 0 Å². The molecular weight excluding hydrogens is 414 g/mol. The molecule has 6 nitrogen and oxygen atoms in total. The number of benzene rings is 3. The lowest BCUT2D eigenvalue weighted by Gasteiger charge is -2.15. The van der Waals surface area contributed by atoms with Gasteiger partial charge in [0.05, 0.1) is 19.8 Å². The van der Waals surface area contributed by atoms with Crippen molar-refractivity contribution in [3.05, 3.63) is 72.9 Å². The average molecular weight is 436 g/mol. The summed E-state index contributed by atoms with van der Waals surface area (Å²) in [6.45, 7) is 7.04. The second-order valence-electron chi connectivity index (χ2n) is 8.99. The highest BCUT2D eigenvalue weighted by Gasteiger charge is 2.22. The fourth-order valence-electron chi connectivity index (χ4n) is 4.22. The van der Waals surface area contributed by atoms with E-state index >= 15 is 0 Å². The number of furan rings is 1. The molecule has 0 aliphatic carbocycles. The van der Waals surface area contributed by atoms with Gasteiger partial charge >= 0.3 is 0 Å². The van der Waals surface area contributed by atoms with Gasteiger partial charge in [-0.1, -0.05) is 67.3 Å². The number of nitrogens with zero attached hydrogens (tertiary/aromatic N) is 5. The van der Waals surface area contributed by atoms with Crippen LogP contribution in [0.5, 0.6) is 0 Å². The van der Waals surface area contributed by atoms with Crippen LogP contribution < -0.4 is 5.19 Å². The van der Waals surface area contributed by atoms with Crippen LogP contribution in [0.4, 0.5) is 0 Å². The average Bonchev–Trinajstić information content (AvgIpc) is 3.37. The first kappa shape index (κ1) is 18.9. The quantitative estimate of drug-likeness (QED) is 0.352. The molecule has 0 aliphatic rings. The van der Waals surface area contributed by atoms with Crippen molar-refractivity contribution >= 4 is 46.4 Å². The molecule has 0 fully saturated rings. The van der Waals surface area contributed by atoms with Crippen LogP contribution in [0.2, 0.25) is 19.6 Å². The van der Waals surface area contributed by atoms with Crippen molar-refractivity contribution in [2.75, 3.05) is 0 Å². The van der Waals surface area contributed by atoms with Crippen LogP contribution in [0.25, 0.3) is 50.2 Å². The first-order valence-electron chi connectivity index (χ1n) is 10.6. The molecule has 0 atom stereocenters. The SMILES string of the molecule is C[Si](C)(C)c1ccc2c(c1)oc1c(-c3nc4nnncc4n3-c3ccccc3)cccc12. The Kier molecular flexibility index (Phi) is 4.03. The molecule has 32 heavy (non-hydrogen) atoms. The molecule has 7 heteroatoms. The van der Waals surface area contributed by atoms with Crippen molar-refractivity contribution in [2.45, 2.75) is 19.6 Å². The maximum absolute atomic E-state index is 6.48. The fraction of sp³-hybridized carbons (Fsp3) is 0.120. The summed E-state index contributed by atoms with van der Waals surface area (Å²) >= 11 is 0. The van der Waals surface area contributed by atoms with E-state index in [0.29, 0.717) is 5.65 Å². The number of para-hydroxylation sites is 2. The third-order valence-electron chi connectivity index (χ3n) is 5.88. The van der Waals surface area contributed by atoms with E-state index < -0.39 is 8.07 Å². The Balaban J connectivity index is 1.67. The maximum atomic E-state index is 6.48. The number of rotatable bonds is 3. The Morgan fingerprint density at radius 3 is 2.53 bits per heavy atom. The van der Waals surface area contributed by atoms with E-state index in [4.69, 9.17) is 9.40 Å². The predicted molar refractivity (Wildman–Crippen MR) is 130 cm³/mol. The summed E-state index contributed by atoms with van der Waals surface area (Å²) in [4.78, 5) is 4.83. The highest BCUT2D eigenvalue weighted by Crippen LogP contribution is 2.37. The summed E-state index contributed by atoms with van der Waals surface area (Å²) in [5.74, 6) is 0.753. The fourth-order valence-corrected chi connectivity index (χ4v) is 5.37. The topological polar surface area (TPSA) is 69.6 Å². The van der Waals surface area contributed by atoms with Crippen molar-refractivity contribution in [3.8, 4) is 17.1 Å². The molecule has 3 aromatic carbocycles. The van der Waals surface area contributed by atoms with Crippen LogP contribution in [0, 0.1) is 0 Å². The van der Waals surface area contributed by atoms with Crippen LogP contribution in [0.1, 0.15) is 0 Å². The monoisotopic (exact) mass is 435 g/mol. The third kappa shape index (κ3) is 2.85. The molecule has 0 bridgehead atoms. The second kappa shape index (κ2) is 6.83. The summed E-state index contributed by atoms with van der Waals surface area (Å²) in [7, 11) is -1.45. The van der Waals surface area contributed by atoms with Gasteiger partial charge in [0.1, 0.15) is 16.7 Å². The van der Waals surface area contributed by atoms with Crippen molar-refractivity contribution in [2.24, 2.45) is 0 Å². The Hall–Kier alpha value is -3.84. The van der Waals surface area contributed by atoms with Crippen LogP contribution in [0.3, 0.4) is 0 Å². The molecule has 0 saturated carbocycles. The van der Waals surface area contributed by atoms with Crippen LogP contribution in [0.15, 0.2) is 77.3 Å². The highest BCUT2D eigenvalue weighted by molar-refractivity contribution is 6.88.